The summed E-state index contributed by atoms with van der Waals surface area (Å²) in [5.74, 6) is 1.38. The number of ether oxygens (including phenoxy) is 1. The van der Waals surface area contributed by atoms with Crippen LogP contribution >= 0.6 is 0 Å². The van der Waals surface area contributed by atoms with Crippen molar-refractivity contribution in [3.05, 3.63) is 47.7 Å². The average Bonchev–Trinajstić information content (AvgIpc) is 2.47. The van der Waals surface area contributed by atoms with Crippen molar-refractivity contribution in [1.82, 2.24) is 4.90 Å². The zero-order valence-corrected chi connectivity index (χ0v) is 14.3. The molecule has 6 heteroatoms. The van der Waals surface area contributed by atoms with Gasteiger partial charge in [-0.3, -0.25) is 0 Å². The topological polar surface area (TPSA) is 59.0 Å². The molecule has 5 nitrogen and oxygen atoms in total. The number of nitrogens with zero attached hydrogens (tertiary/aromatic N) is 2. The quantitative estimate of drug-likeness (QED) is 0.854. The highest BCUT2D eigenvalue weighted by molar-refractivity contribution is 7.90. The number of amidine groups is 1. The zero-order valence-electron chi connectivity index (χ0n) is 13.5. The smallest absolute Gasteiger partial charge is 0.256 e. The molecule has 2 aliphatic heterocycles. The van der Waals surface area contributed by atoms with Gasteiger partial charge in [0.15, 0.2) is 5.84 Å². The van der Waals surface area contributed by atoms with Gasteiger partial charge in [-0.2, -0.15) is 0 Å². The fraction of sp³-hybridized carbons (Fsp3) is 0.353. The molecule has 0 fully saturated rings. The highest BCUT2D eigenvalue weighted by atomic mass is 32.2. The molecule has 0 aromatic heterocycles. The van der Waals surface area contributed by atoms with Crippen molar-refractivity contribution in [3.63, 3.8) is 0 Å². The summed E-state index contributed by atoms with van der Waals surface area (Å²) in [5.41, 5.74) is 2.76. The van der Waals surface area contributed by atoms with Gasteiger partial charge in [0.25, 0.3) is 10.0 Å². The van der Waals surface area contributed by atoms with Crippen molar-refractivity contribution in [2.45, 2.75) is 26.9 Å². The van der Waals surface area contributed by atoms with Crippen molar-refractivity contribution < 1.29 is 13.2 Å². The third kappa shape index (κ3) is 3.32. The van der Waals surface area contributed by atoms with Crippen molar-refractivity contribution in [2.75, 3.05) is 12.3 Å². The predicted molar refractivity (Wildman–Crippen MR) is 92.0 cm³/mol. The molecule has 23 heavy (non-hydrogen) atoms. The molecule has 2 heterocycles. The van der Waals surface area contributed by atoms with Crippen LogP contribution in [0.1, 0.15) is 25.0 Å². The molecule has 0 atom stereocenters. The van der Waals surface area contributed by atoms with Gasteiger partial charge in [0.2, 0.25) is 0 Å². The standard InChI is InChI=1S/C17H20N2O3S/c1-12(2)22-16-7-6-14(11-13(16)3)15-5-4-8-19-9-10-23(20,21)18-17(15)19/h4-8,11-12H,9-10H2,1-3H3. The van der Waals surface area contributed by atoms with Crippen LogP contribution in [0.2, 0.25) is 0 Å². The van der Waals surface area contributed by atoms with Gasteiger partial charge in [-0.1, -0.05) is 6.07 Å². The van der Waals surface area contributed by atoms with Gasteiger partial charge in [-0.25, -0.2) is 8.42 Å². The molecule has 1 aromatic rings. The van der Waals surface area contributed by atoms with Crippen molar-refractivity contribution in [3.8, 4) is 5.75 Å². The molecule has 0 N–H and O–H groups in total. The van der Waals surface area contributed by atoms with Crippen LogP contribution in [0.15, 0.2) is 40.9 Å². The van der Waals surface area contributed by atoms with Crippen LogP contribution in [0, 0.1) is 6.92 Å². The molecule has 0 amide bonds. The summed E-state index contributed by atoms with van der Waals surface area (Å²) in [6, 6.07) is 5.87. The molecule has 0 spiro atoms. The van der Waals surface area contributed by atoms with Crippen molar-refractivity contribution in [1.29, 1.82) is 0 Å². The summed E-state index contributed by atoms with van der Waals surface area (Å²) in [7, 11) is -3.38. The molecular weight excluding hydrogens is 312 g/mol. The predicted octanol–water partition coefficient (Wildman–Crippen LogP) is 2.74. The van der Waals surface area contributed by atoms with Gasteiger partial charge in [0.05, 0.1) is 11.9 Å². The Balaban J connectivity index is 2.01. The second kappa shape index (κ2) is 5.85. The maximum absolute atomic E-state index is 11.8. The van der Waals surface area contributed by atoms with E-state index >= 15 is 0 Å². The summed E-state index contributed by atoms with van der Waals surface area (Å²) in [5, 5.41) is 0. The number of fused-ring (bicyclic) bond motifs is 1. The minimum absolute atomic E-state index is 0.0499. The minimum Gasteiger partial charge on any atom is -0.491 e. The Morgan fingerprint density at radius 1 is 1.30 bits per heavy atom. The SMILES string of the molecule is Cc1cc(C2=CC=CN3CCS(=O)(=O)N=C23)ccc1OC(C)C. The van der Waals surface area contributed by atoms with E-state index in [4.69, 9.17) is 4.74 Å². The fourth-order valence-electron chi connectivity index (χ4n) is 2.64. The number of rotatable bonds is 3. The highest BCUT2D eigenvalue weighted by Gasteiger charge is 2.27. The van der Waals surface area contributed by atoms with Gasteiger partial charge in [-0.05, 0) is 56.2 Å². The first-order chi connectivity index (χ1) is 10.9. The van der Waals surface area contributed by atoms with Crippen LogP contribution < -0.4 is 4.74 Å². The number of allylic oxidation sites excluding steroid dienone is 2. The Bertz CT molecular complexity index is 820. The van der Waals surface area contributed by atoms with Crippen molar-refractivity contribution in [2.24, 2.45) is 4.40 Å². The molecule has 0 radical (unpaired) electrons. The zero-order chi connectivity index (χ0) is 16.6. The minimum atomic E-state index is -3.38. The van der Waals surface area contributed by atoms with E-state index in [1.807, 2.05) is 62.2 Å². The molecule has 1 aromatic carbocycles. The van der Waals surface area contributed by atoms with Gasteiger partial charge < -0.3 is 9.64 Å². The maximum Gasteiger partial charge on any atom is 0.256 e. The Morgan fingerprint density at radius 3 is 2.78 bits per heavy atom. The molecule has 0 bridgehead atoms. The Morgan fingerprint density at radius 2 is 2.09 bits per heavy atom. The molecule has 0 aliphatic carbocycles. The maximum atomic E-state index is 11.8. The molecule has 2 aliphatic rings. The first kappa shape index (κ1) is 15.8. The number of aryl methyl sites for hydroxylation is 1. The summed E-state index contributed by atoms with van der Waals surface area (Å²) >= 11 is 0. The lowest BCUT2D eigenvalue weighted by Crippen LogP contribution is -2.37. The van der Waals surface area contributed by atoms with Crippen LogP contribution in [-0.2, 0) is 10.0 Å². The number of sulfonamides is 1. The molecule has 0 saturated carbocycles. The average molecular weight is 332 g/mol. The third-order valence-electron chi connectivity index (χ3n) is 3.71. The molecule has 122 valence electrons. The second-order valence-electron chi connectivity index (χ2n) is 5.96. The van der Waals surface area contributed by atoms with Gasteiger partial charge >= 0.3 is 0 Å². The number of hydrogen-bond donors (Lipinski definition) is 0. The molecule has 0 saturated heterocycles. The summed E-state index contributed by atoms with van der Waals surface area (Å²) in [4.78, 5) is 1.88. The van der Waals surface area contributed by atoms with Crippen molar-refractivity contribution >= 4 is 21.4 Å². The lowest BCUT2D eigenvalue weighted by molar-refractivity contribution is 0.241. The lowest BCUT2D eigenvalue weighted by Gasteiger charge is -2.29. The van der Waals surface area contributed by atoms with Crippen LogP contribution in [-0.4, -0.2) is 37.6 Å². The van der Waals surface area contributed by atoms with Gasteiger partial charge in [0.1, 0.15) is 5.75 Å². The van der Waals surface area contributed by atoms with Crippen LogP contribution in [0.5, 0.6) is 5.75 Å². The van der Waals surface area contributed by atoms with Gasteiger partial charge in [-0.15, -0.1) is 4.40 Å². The number of hydrogen-bond acceptors (Lipinski definition) is 4. The van der Waals surface area contributed by atoms with E-state index in [0.717, 1.165) is 22.4 Å². The first-order valence-corrected chi connectivity index (χ1v) is 9.22. The Labute approximate surface area is 137 Å². The molecule has 3 rings (SSSR count). The Hall–Kier alpha value is -2.08. The molecule has 0 unspecified atom stereocenters. The van der Waals surface area contributed by atoms with Crippen LogP contribution in [0.3, 0.4) is 0 Å². The monoisotopic (exact) mass is 332 g/mol. The van der Waals surface area contributed by atoms with E-state index in [2.05, 4.69) is 4.40 Å². The van der Waals surface area contributed by atoms with E-state index in [-0.39, 0.29) is 11.9 Å². The lowest BCUT2D eigenvalue weighted by atomic mass is 9.99. The van der Waals surface area contributed by atoms with E-state index in [1.54, 1.807) is 0 Å². The van der Waals surface area contributed by atoms with Crippen LogP contribution in [0.25, 0.3) is 5.57 Å². The Kier molecular flexibility index (Phi) is 4.02. The van der Waals surface area contributed by atoms with E-state index < -0.39 is 10.0 Å². The van der Waals surface area contributed by atoms with E-state index in [1.165, 1.54) is 0 Å². The largest absolute Gasteiger partial charge is 0.491 e. The first-order valence-electron chi connectivity index (χ1n) is 7.61. The highest BCUT2D eigenvalue weighted by Crippen LogP contribution is 2.29. The number of benzene rings is 1. The summed E-state index contributed by atoms with van der Waals surface area (Å²) in [6.45, 7) is 6.39. The van der Waals surface area contributed by atoms with Crippen LogP contribution in [0.4, 0.5) is 0 Å². The van der Waals surface area contributed by atoms with Gasteiger partial charge in [0, 0.05) is 18.3 Å². The third-order valence-corrected chi connectivity index (χ3v) is 4.86. The summed E-state index contributed by atoms with van der Waals surface area (Å²) in [6.07, 6.45) is 5.79. The normalized spacial score (nSPS) is 19.2. The fourth-order valence-corrected chi connectivity index (χ4v) is 3.63. The van der Waals surface area contributed by atoms with E-state index in [0.29, 0.717) is 12.4 Å². The second-order valence-corrected chi connectivity index (χ2v) is 7.72. The summed E-state index contributed by atoms with van der Waals surface area (Å²) < 4.78 is 33.4. The molecular formula is C17H20N2O3S. The van der Waals surface area contributed by atoms with E-state index in [9.17, 15) is 8.42 Å².